The van der Waals surface area contributed by atoms with Crippen molar-refractivity contribution in [3.8, 4) is 5.75 Å². The van der Waals surface area contributed by atoms with Crippen LogP contribution in [-0.2, 0) is 0 Å². The maximum absolute atomic E-state index is 12.0. The molecular weight excluding hydrogens is 286 g/mol. The summed E-state index contributed by atoms with van der Waals surface area (Å²) in [5.41, 5.74) is 0.486. The second kappa shape index (κ2) is 6.56. The van der Waals surface area contributed by atoms with Crippen LogP contribution in [-0.4, -0.2) is 24.2 Å². The Hall–Kier alpha value is -1.56. The highest BCUT2D eigenvalue weighted by Crippen LogP contribution is 2.28. The molecule has 0 saturated carbocycles. The molecule has 0 aliphatic carbocycles. The van der Waals surface area contributed by atoms with Crippen molar-refractivity contribution in [1.82, 2.24) is 0 Å². The van der Waals surface area contributed by atoms with Gasteiger partial charge in [-0.05, 0) is 29.6 Å². The topological polar surface area (TPSA) is 58.6 Å². The fourth-order valence-corrected chi connectivity index (χ4v) is 2.26. The molecular formula is C13H12ClNO3S. The molecule has 0 unspecified atom stereocenters. The number of nitrogens with one attached hydrogen (secondary N) is 1. The van der Waals surface area contributed by atoms with Crippen LogP contribution in [0.5, 0.6) is 5.75 Å². The van der Waals surface area contributed by atoms with Crippen LogP contribution in [0, 0.1) is 0 Å². The minimum Gasteiger partial charge on any atom is -0.489 e. The smallest absolute Gasteiger partial charge is 0.265 e. The van der Waals surface area contributed by atoms with Gasteiger partial charge in [-0.3, -0.25) is 4.79 Å². The fraction of sp³-hybridized carbons (Fsp3) is 0.154. The van der Waals surface area contributed by atoms with E-state index in [-0.39, 0.29) is 19.1 Å². The Kier molecular flexibility index (Phi) is 4.79. The highest BCUT2D eigenvalue weighted by Gasteiger charge is 2.11. The van der Waals surface area contributed by atoms with Crippen molar-refractivity contribution in [3.05, 3.63) is 45.6 Å². The molecule has 0 atom stereocenters. The molecule has 0 fully saturated rings. The van der Waals surface area contributed by atoms with Gasteiger partial charge in [0.2, 0.25) is 0 Å². The predicted octanol–water partition coefficient (Wildman–Crippen LogP) is 3.02. The van der Waals surface area contributed by atoms with Crippen molar-refractivity contribution in [1.29, 1.82) is 0 Å². The summed E-state index contributed by atoms with van der Waals surface area (Å²) in [6.07, 6.45) is 0. The molecule has 2 rings (SSSR count). The first-order chi connectivity index (χ1) is 9.20. The fourth-order valence-electron chi connectivity index (χ4n) is 1.47. The Morgan fingerprint density at radius 3 is 2.95 bits per heavy atom. The number of hydrogen-bond donors (Lipinski definition) is 2. The molecule has 100 valence electrons. The van der Waals surface area contributed by atoms with E-state index in [0.29, 0.717) is 21.3 Å². The number of thiophene rings is 1. The number of ether oxygens (including phenoxy) is 1. The first-order valence-corrected chi connectivity index (χ1v) is 6.84. The number of aliphatic hydroxyl groups is 1. The zero-order valence-corrected chi connectivity index (χ0v) is 11.5. The van der Waals surface area contributed by atoms with Gasteiger partial charge in [0, 0.05) is 5.02 Å². The van der Waals surface area contributed by atoms with Crippen LogP contribution >= 0.6 is 22.9 Å². The SMILES string of the molecule is O=C(Nc1cc(Cl)ccc1OCCO)c1cccs1. The number of aliphatic hydroxyl groups excluding tert-OH is 1. The van der Waals surface area contributed by atoms with Crippen LogP contribution in [0.2, 0.25) is 5.02 Å². The molecule has 0 aliphatic heterocycles. The van der Waals surface area contributed by atoms with Gasteiger partial charge in [-0.2, -0.15) is 0 Å². The predicted molar refractivity (Wildman–Crippen MR) is 76.3 cm³/mol. The van der Waals surface area contributed by atoms with Gasteiger partial charge in [0.25, 0.3) is 5.91 Å². The number of rotatable bonds is 5. The molecule has 1 heterocycles. The molecule has 1 aromatic heterocycles. The summed E-state index contributed by atoms with van der Waals surface area (Å²) in [5, 5.41) is 13.8. The van der Waals surface area contributed by atoms with E-state index in [1.807, 2.05) is 5.38 Å². The summed E-state index contributed by atoms with van der Waals surface area (Å²) in [5.74, 6) is 0.259. The minimum absolute atomic E-state index is 0.0963. The number of hydrogen-bond acceptors (Lipinski definition) is 4. The van der Waals surface area contributed by atoms with Gasteiger partial charge in [-0.15, -0.1) is 11.3 Å². The molecule has 0 radical (unpaired) electrons. The molecule has 2 aromatic rings. The number of carbonyl (C=O) groups excluding carboxylic acids is 1. The Balaban J connectivity index is 2.18. The Morgan fingerprint density at radius 1 is 1.42 bits per heavy atom. The molecule has 6 heteroatoms. The van der Waals surface area contributed by atoms with E-state index >= 15 is 0 Å². The number of carbonyl (C=O) groups is 1. The average Bonchev–Trinajstić information content (AvgIpc) is 2.92. The van der Waals surface area contributed by atoms with Crippen molar-refractivity contribution in [3.63, 3.8) is 0 Å². The Labute approximate surface area is 119 Å². The van der Waals surface area contributed by atoms with Gasteiger partial charge in [-0.1, -0.05) is 17.7 Å². The second-order valence-electron chi connectivity index (χ2n) is 3.64. The monoisotopic (exact) mass is 297 g/mol. The van der Waals surface area contributed by atoms with Gasteiger partial charge in [-0.25, -0.2) is 0 Å². The molecule has 2 N–H and O–H groups in total. The van der Waals surface area contributed by atoms with Crippen LogP contribution < -0.4 is 10.1 Å². The van der Waals surface area contributed by atoms with Gasteiger partial charge in [0.15, 0.2) is 0 Å². The molecule has 4 nitrogen and oxygen atoms in total. The Morgan fingerprint density at radius 2 is 2.26 bits per heavy atom. The summed E-state index contributed by atoms with van der Waals surface area (Å²) in [6, 6.07) is 8.47. The molecule has 0 saturated heterocycles. The number of benzene rings is 1. The van der Waals surface area contributed by atoms with E-state index < -0.39 is 0 Å². The second-order valence-corrected chi connectivity index (χ2v) is 5.03. The summed E-state index contributed by atoms with van der Waals surface area (Å²) < 4.78 is 5.34. The zero-order chi connectivity index (χ0) is 13.7. The van der Waals surface area contributed by atoms with E-state index in [9.17, 15) is 4.79 Å². The molecule has 0 spiro atoms. The third-order valence-corrected chi connectivity index (χ3v) is 3.39. The lowest BCUT2D eigenvalue weighted by Crippen LogP contribution is -2.12. The molecule has 19 heavy (non-hydrogen) atoms. The van der Waals surface area contributed by atoms with E-state index in [4.69, 9.17) is 21.4 Å². The molecule has 1 aromatic carbocycles. The Bertz CT molecular complexity index is 557. The molecule has 0 bridgehead atoms. The van der Waals surface area contributed by atoms with E-state index in [2.05, 4.69) is 5.32 Å². The van der Waals surface area contributed by atoms with Crippen molar-refractivity contribution in [2.24, 2.45) is 0 Å². The van der Waals surface area contributed by atoms with E-state index in [1.165, 1.54) is 11.3 Å². The third kappa shape index (κ3) is 3.70. The third-order valence-electron chi connectivity index (χ3n) is 2.28. The summed E-state index contributed by atoms with van der Waals surface area (Å²) >= 11 is 7.26. The van der Waals surface area contributed by atoms with Crippen LogP contribution in [0.4, 0.5) is 5.69 Å². The maximum Gasteiger partial charge on any atom is 0.265 e. The lowest BCUT2D eigenvalue weighted by atomic mass is 10.3. The van der Waals surface area contributed by atoms with E-state index in [1.54, 1.807) is 30.3 Å². The number of amides is 1. The largest absolute Gasteiger partial charge is 0.489 e. The minimum atomic E-state index is -0.217. The van der Waals surface area contributed by atoms with Gasteiger partial charge < -0.3 is 15.2 Å². The van der Waals surface area contributed by atoms with Gasteiger partial charge in [0.1, 0.15) is 12.4 Å². The average molecular weight is 298 g/mol. The highest BCUT2D eigenvalue weighted by atomic mass is 35.5. The van der Waals surface area contributed by atoms with Crippen LogP contribution in [0.3, 0.4) is 0 Å². The zero-order valence-electron chi connectivity index (χ0n) is 9.93. The standard InChI is InChI=1S/C13H12ClNO3S/c14-9-3-4-11(18-6-5-16)10(8-9)15-13(17)12-2-1-7-19-12/h1-4,7-8,16H,5-6H2,(H,15,17). The van der Waals surface area contributed by atoms with Gasteiger partial charge >= 0.3 is 0 Å². The van der Waals surface area contributed by atoms with Crippen LogP contribution in [0.15, 0.2) is 35.7 Å². The lowest BCUT2D eigenvalue weighted by Gasteiger charge is -2.11. The lowest BCUT2D eigenvalue weighted by molar-refractivity contribution is 0.103. The molecule has 0 aliphatic rings. The van der Waals surface area contributed by atoms with Crippen molar-refractivity contribution >= 4 is 34.5 Å². The first kappa shape index (κ1) is 13.9. The molecule has 1 amide bonds. The summed E-state index contributed by atoms with van der Waals surface area (Å²) in [7, 11) is 0. The van der Waals surface area contributed by atoms with E-state index in [0.717, 1.165) is 0 Å². The normalized spacial score (nSPS) is 10.2. The van der Waals surface area contributed by atoms with Crippen LogP contribution in [0.1, 0.15) is 9.67 Å². The number of anilines is 1. The summed E-state index contributed by atoms with van der Waals surface area (Å²) in [6.45, 7) is 0.0600. The number of halogens is 1. The highest BCUT2D eigenvalue weighted by molar-refractivity contribution is 7.12. The van der Waals surface area contributed by atoms with Crippen LogP contribution in [0.25, 0.3) is 0 Å². The van der Waals surface area contributed by atoms with Crippen molar-refractivity contribution in [2.45, 2.75) is 0 Å². The summed E-state index contributed by atoms with van der Waals surface area (Å²) in [4.78, 5) is 12.6. The van der Waals surface area contributed by atoms with Crippen molar-refractivity contribution < 1.29 is 14.6 Å². The van der Waals surface area contributed by atoms with Gasteiger partial charge in [0.05, 0.1) is 17.2 Å². The van der Waals surface area contributed by atoms with Crippen molar-refractivity contribution in [2.75, 3.05) is 18.5 Å². The first-order valence-electron chi connectivity index (χ1n) is 5.59. The maximum atomic E-state index is 12.0. The quantitative estimate of drug-likeness (QED) is 0.892.